The highest BCUT2D eigenvalue weighted by Gasteiger charge is 2.12. The molecule has 0 radical (unpaired) electrons. The number of hydrogen-bond acceptors (Lipinski definition) is 5. The third-order valence-corrected chi connectivity index (χ3v) is 4.37. The number of rotatable bonds is 9. The number of aromatic nitrogens is 3. The first kappa shape index (κ1) is 18.1. The van der Waals surface area contributed by atoms with Gasteiger partial charge in [-0.1, -0.05) is 36.9 Å². The number of carbonyl (C=O) groups excluding carboxylic acids is 1. The number of benzene rings is 1. The smallest absolute Gasteiger partial charge is 0.230 e. The summed E-state index contributed by atoms with van der Waals surface area (Å²) in [4.78, 5) is 12.0. The van der Waals surface area contributed by atoms with Crippen LogP contribution in [0.1, 0.15) is 18.3 Å². The summed E-state index contributed by atoms with van der Waals surface area (Å²) in [5.74, 6) is 1.96. The molecule has 0 bridgehead atoms. The lowest BCUT2D eigenvalue weighted by Gasteiger charge is -2.07. The van der Waals surface area contributed by atoms with Crippen molar-refractivity contribution in [3.63, 3.8) is 0 Å². The second-order valence-electron chi connectivity index (χ2n) is 5.07. The van der Waals surface area contributed by atoms with E-state index in [-0.39, 0.29) is 5.91 Å². The molecule has 0 saturated heterocycles. The van der Waals surface area contributed by atoms with E-state index >= 15 is 0 Å². The summed E-state index contributed by atoms with van der Waals surface area (Å²) in [5, 5.41) is 11.9. The zero-order chi connectivity index (χ0) is 17.4. The van der Waals surface area contributed by atoms with E-state index < -0.39 is 0 Å². The molecular formula is C17H22N4O2S. The molecule has 0 aliphatic carbocycles. The van der Waals surface area contributed by atoms with E-state index in [2.05, 4.69) is 22.1 Å². The van der Waals surface area contributed by atoms with Crippen molar-refractivity contribution < 1.29 is 9.53 Å². The Balaban J connectivity index is 1.84. The Bertz CT molecular complexity index is 682. The van der Waals surface area contributed by atoms with Crippen molar-refractivity contribution in [2.75, 3.05) is 12.9 Å². The van der Waals surface area contributed by atoms with E-state index in [4.69, 9.17) is 4.74 Å². The monoisotopic (exact) mass is 346 g/mol. The van der Waals surface area contributed by atoms with Crippen LogP contribution >= 0.6 is 11.8 Å². The van der Waals surface area contributed by atoms with Gasteiger partial charge >= 0.3 is 0 Å². The van der Waals surface area contributed by atoms with Crippen molar-refractivity contribution in [2.45, 2.75) is 31.6 Å². The third kappa shape index (κ3) is 4.86. The van der Waals surface area contributed by atoms with Crippen LogP contribution in [0, 0.1) is 0 Å². The number of allylic oxidation sites excluding steroid dienone is 1. The largest absolute Gasteiger partial charge is 0.497 e. The van der Waals surface area contributed by atoms with Crippen molar-refractivity contribution in [2.24, 2.45) is 0 Å². The lowest BCUT2D eigenvalue weighted by atomic mass is 10.2. The first-order chi connectivity index (χ1) is 11.7. The molecular weight excluding hydrogens is 324 g/mol. The molecule has 24 heavy (non-hydrogen) atoms. The summed E-state index contributed by atoms with van der Waals surface area (Å²) in [7, 11) is 1.63. The van der Waals surface area contributed by atoms with Gasteiger partial charge in [0, 0.05) is 19.5 Å². The fraction of sp³-hybridized carbons (Fsp3) is 0.353. The number of nitrogens with zero attached hydrogens (tertiary/aromatic N) is 3. The van der Waals surface area contributed by atoms with E-state index in [0.717, 1.165) is 28.7 Å². The van der Waals surface area contributed by atoms with Crippen LogP contribution in [0.4, 0.5) is 0 Å². The topological polar surface area (TPSA) is 69.0 Å². The minimum absolute atomic E-state index is 0.0398. The highest BCUT2D eigenvalue weighted by molar-refractivity contribution is 7.99. The fourth-order valence-corrected chi connectivity index (χ4v) is 2.92. The van der Waals surface area contributed by atoms with E-state index in [1.807, 2.05) is 35.8 Å². The van der Waals surface area contributed by atoms with Gasteiger partial charge in [-0.2, -0.15) is 0 Å². The van der Waals surface area contributed by atoms with E-state index in [1.165, 1.54) is 11.8 Å². The van der Waals surface area contributed by atoms with Crippen molar-refractivity contribution in [1.82, 2.24) is 20.1 Å². The number of thioether (sulfide) groups is 1. The Labute approximate surface area is 146 Å². The molecule has 0 unspecified atom stereocenters. The predicted octanol–water partition coefficient (Wildman–Crippen LogP) is 2.44. The highest BCUT2D eigenvalue weighted by atomic mass is 32.2. The highest BCUT2D eigenvalue weighted by Crippen LogP contribution is 2.17. The van der Waals surface area contributed by atoms with Crippen molar-refractivity contribution in [1.29, 1.82) is 0 Å². The molecule has 0 fully saturated rings. The molecule has 1 aromatic carbocycles. The number of ether oxygens (including phenoxy) is 1. The molecule has 1 N–H and O–H groups in total. The molecule has 1 amide bonds. The van der Waals surface area contributed by atoms with Crippen LogP contribution in [0.2, 0.25) is 0 Å². The average molecular weight is 346 g/mol. The number of amides is 1. The van der Waals surface area contributed by atoms with Gasteiger partial charge in [-0.05, 0) is 17.7 Å². The van der Waals surface area contributed by atoms with Gasteiger partial charge in [0.2, 0.25) is 5.91 Å². The molecule has 1 heterocycles. The molecule has 6 nitrogen and oxygen atoms in total. The Morgan fingerprint density at radius 1 is 1.38 bits per heavy atom. The van der Waals surface area contributed by atoms with Gasteiger partial charge in [0.25, 0.3) is 0 Å². The Kier molecular flexibility index (Phi) is 6.87. The van der Waals surface area contributed by atoms with Crippen molar-refractivity contribution >= 4 is 17.7 Å². The lowest BCUT2D eigenvalue weighted by Crippen LogP contribution is -2.24. The molecule has 0 saturated carbocycles. The van der Waals surface area contributed by atoms with Crippen molar-refractivity contribution in [3.05, 3.63) is 48.3 Å². The summed E-state index contributed by atoms with van der Waals surface area (Å²) in [5.41, 5.74) is 1.03. The summed E-state index contributed by atoms with van der Waals surface area (Å²) in [6.45, 7) is 6.91. The first-order valence-corrected chi connectivity index (χ1v) is 8.71. The molecule has 1 aromatic heterocycles. The van der Waals surface area contributed by atoms with Crippen molar-refractivity contribution in [3.8, 4) is 5.75 Å². The standard InChI is InChI=1S/C17H22N4O2S/c1-4-10-21-15(5-2)19-20-17(21)24-12-16(22)18-11-13-6-8-14(23-3)9-7-13/h4,6-9H,1,5,10-12H2,2-3H3,(H,18,22). The Morgan fingerprint density at radius 2 is 2.12 bits per heavy atom. The van der Waals surface area contributed by atoms with Gasteiger partial charge in [-0.25, -0.2) is 0 Å². The van der Waals surface area contributed by atoms with Gasteiger partial charge in [0.15, 0.2) is 5.16 Å². The normalized spacial score (nSPS) is 10.4. The summed E-state index contributed by atoms with van der Waals surface area (Å²) in [6, 6.07) is 7.61. The summed E-state index contributed by atoms with van der Waals surface area (Å²) >= 11 is 1.38. The van der Waals surface area contributed by atoms with Crippen LogP contribution in [0.25, 0.3) is 0 Å². The number of aryl methyl sites for hydroxylation is 1. The maximum atomic E-state index is 12.0. The predicted molar refractivity (Wildman–Crippen MR) is 95.2 cm³/mol. The number of carbonyl (C=O) groups is 1. The minimum atomic E-state index is -0.0398. The van der Waals surface area contributed by atoms with E-state index in [1.54, 1.807) is 13.2 Å². The Morgan fingerprint density at radius 3 is 2.75 bits per heavy atom. The van der Waals surface area contributed by atoms with E-state index in [0.29, 0.717) is 18.8 Å². The molecule has 0 atom stereocenters. The van der Waals surface area contributed by atoms with Gasteiger partial charge in [-0.3, -0.25) is 4.79 Å². The number of nitrogens with one attached hydrogen (secondary N) is 1. The van der Waals surface area contributed by atoms with Crippen LogP contribution < -0.4 is 10.1 Å². The quantitative estimate of drug-likeness (QED) is 0.558. The van der Waals surface area contributed by atoms with Crippen LogP contribution in [0.3, 0.4) is 0 Å². The van der Waals surface area contributed by atoms with Gasteiger partial charge in [0.05, 0.1) is 12.9 Å². The fourth-order valence-electron chi connectivity index (χ4n) is 2.12. The second-order valence-corrected chi connectivity index (χ2v) is 6.01. The SMILES string of the molecule is C=CCn1c(CC)nnc1SCC(=O)NCc1ccc(OC)cc1. The average Bonchev–Trinajstić information content (AvgIpc) is 3.01. The lowest BCUT2D eigenvalue weighted by molar-refractivity contribution is -0.118. The van der Waals surface area contributed by atoms with Crippen LogP contribution in [-0.2, 0) is 24.3 Å². The minimum Gasteiger partial charge on any atom is -0.497 e. The van der Waals surface area contributed by atoms with E-state index in [9.17, 15) is 4.79 Å². The van der Waals surface area contributed by atoms with Crippen LogP contribution in [0.5, 0.6) is 5.75 Å². The van der Waals surface area contributed by atoms with Crippen LogP contribution in [0.15, 0.2) is 42.1 Å². The molecule has 2 aromatic rings. The molecule has 0 aliphatic heterocycles. The molecule has 0 aliphatic rings. The zero-order valence-corrected chi connectivity index (χ0v) is 14.8. The number of methoxy groups -OCH3 is 1. The Hall–Kier alpha value is -2.28. The van der Waals surface area contributed by atoms with Gasteiger partial charge in [0.1, 0.15) is 11.6 Å². The van der Waals surface area contributed by atoms with Crippen LogP contribution in [-0.4, -0.2) is 33.5 Å². The third-order valence-electron chi connectivity index (χ3n) is 3.40. The second kappa shape index (κ2) is 9.12. The summed E-state index contributed by atoms with van der Waals surface area (Å²) < 4.78 is 7.09. The number of hydrogen-bond donors (Lipinski definition) is 1. The first-order valence-electron chi connectivity index (χ1n) is 7.73. The molecule has 2 rings (SSSR count). The molecule has 7 heteroatoms. The maximum absolute atomic E-state index is 12.0. The molecule has 128 valence electrons. The molecule has 0 spiro atoms. The van der Waals surface area contributed by atoms with Gasteiger partial charge < -0.3 is 14.6 Å². The zero-order valence-electron chi connectivity index (χ0n) is 14.0. The summed E-state index contributed by atoms with van der Waals surface area (Å²) in [6.07, 6.45) is 2.60. The van der Waals surface area contributed by atoms with Gasteiger partial charge in [-0.15, -0.1) is 16.8 Å². The maximum Gasteiger partial charge on any atom is 0.230 e.